The molecule has 0 aliphatic heterocycles. The van der Waals surface area contributed by atoms with Crippen molar-refractivity contribution in [2.45, 2.75) is 59.8 Å². The number of rotatable bonds is 8. The highest BCUT2D eigenvalue weighted by molar-refractivity contribution is 6.07. The average Bonchev–Trinajstić information content (AvgIpc) is 0.786. The lowest BCUT2D eigenvalue weighted by molar-refractivity contribution is -0.138. The maximum absolute atomic E-state index is 12.9. The van der Waals surface area contributed by atoms with Crippen molar-refractivity contribution in [2.75, 3.05) is 0 Å². The van der Waals surface area contributed by atoms with Crippen molar-refractivity contribution in [2.24, 2.45) is 0 Å². The van der Waals surface area contributed by atoms with Gasteiger partial charge in [0, 0.05) is 39.0 Å². The highest BCUT2D eigenvalue weighted by atomic mass is 19.4. The first kappa shape index (κ1) is 67.8. The van der Waals surface area contributed by atoms with Gasteiger partial charge in [-0.3, -0.25) is 0 Å². The molecule has 0 spiro atoms. The highest BCUT2D eigenvalue weighted by Crippen LogP contribution is 2.33. The first-order chi connectivity index (χ1) is 45.6. The van der Waals surface area contributed by atoms with Crippen molar-refractivity contribution in [1.29, 1.82) is 0 Å². The SMILES string of the molecule is C=C/C(C#CC1=CC/C(=C\CC)C=C1)=C\C.C=C/C(C)=C/C=C(\C)C#CC(=C)/C=C\C(=C)C.FC(F)(F)c1ccc(C#Cc2ccc3cc4cc5cc(/C=C/c6ccc7cc8cc9cc(C#Cc%10ccc(C(F)(F)F)cc%10)ccc9cc8cc7c6)ccc5cc4cc3c2)cc1. The number of benzene rings is 10. The summed E-state index contributed by atoms with van der Waals surface area (Å²) in [4.78, 5) is 0. The van der Waals surface area contributed by atoms with Crippen molar-refractivity contribution in [3.05, 3.63) is 347 Å². The third kappa shape index (κ3) is 19.3. The summed E-state index contributed by atoms with van der Waals surface area (Å²) in [7, 11) is 0. The Balaban J connectivity index is 0.000000264. The second kappa shape index (κ2) is 31.2. The van der Waals surface area contributed by atoms with Gasteiger partial charge in [0.2, 0.25) is 0 Å². The third-order valence-corrected chi connectivity index (χ3v) is 15.4. The normalized spacial score (nSPS) is 13.0. The summed E-state index contributed by atoms with van der Waals surface area (Å²) in [5, 5.41) is 13.2. The van der Waals surface area contributed by atoms with Crippen molar-refractivity contribution in [1.82, 2.24) is 0 Å². The number of halogens is 6. The second-order valence-electron chi connectivity index (χ2n) is 22.9. The number of alkyl halides is 6. The van der Waals surface area contributed by atoms with E-state index in [-0.39, 0.29) is 0 Å². The molecule has 0 bridgehead atoms. The van der Waals surface area contributed by atoms with Crippen LogP contribution in [0, 0.1) is 47.4 Å². The van der Waals surface area contributed by atoms with Gasteiger partial charge in [-0.05, 0) is 273 Å². The Morgan fingerprint density at radius 1 is 0.453 bits per heavy atom. The minimum atomic E-state index is -4.38. The van der Waals surface area contributed by atoms with Crippen LogP contribution in [-0.2, 0) is 12.4 Å². The van der Waals surface area contributed by atoms with Crippen molar-refractivity contribution >= 4 is 76.8 Å². The van der Waals surface area contributed by atoms with Gasteiger partial charge in [-0.2, -0.15) is 26.3 Å². The van der Waals surface area contributed by atoms with Crippen LogP contribution in [0.5, 0.6) is 0 Å². The molecule has 0 amide bonds. The Kier molecular flexibility index (Phi) is 22.3. The van der Waals surface area contributed by atoms with E-state index in [2.05, 4.69) is 202 Å². The molecule has 0 radical (unpaired) electrons. The Morgan fingerprint density at radius 2 is 0.874 bits per heavy atom. The van der Waals surface area contributed by atoms with Gasteiger partial charge in [0.15, 0.2) is 0 Å². The van der Waals surface area contributed by atoms with E-state index in [9.17, 15) is 26.3 Å². The molecule has 10 aromatic carbocycles. The van der Waals surface area contributed by atoms with Crippen LogP contribution in [0.2, 0.25) is 0 Å². The number of hydrogen-bond donors (Lipinski definition) is 0. The molecule has 1 aliphatic carbocycles. The van der Waals surface area contributed by atoms with Crippen LogP contribution in [0.4, 0.5) is 26.3 Å². The molecule has 0 nitrogen and oxygen atoms in total. The van der Waals surface area contributed by atoms with Crippen LogP contribution in [0.1, 0.15) is 92.0 Å². The van der Waals surface area contributed by atoms with Crippen LogP contribution in [0.25, 0.3) is 76.8 Å². The average molecular weight is 1250 g/mol. The molecule has 10 aromatic rings. The molecule has 0 heterocycles. The first-order valence-corrected chi connectivity index (χ1v) is 30.9. The van der Waals surface area contributed by atoms with Crippen LogP contribution >= 0.6 is 0 Å². The Hall–Kier alpha value is -11.5. The van der Waals surface area contributed by atoms with Gasteiger partial charge in [0.05, 0.1) is 11.1 Å². The summed E-state index contributed by atoms with van der Waals surface area (Å²) in [5.74, 6) is 24.4. The van der Waals surface area contributed by atoms with Crippen molar-refractivity contribution in [3.63, 3.8) is 0 Å². The van der Waals surface area contributed by atoms with Crippen LogP contribution in [0.15, 0.2) is 302 Å². The summed E-state index contributed by atoms with van der Waals surface area (Å²) >= 11 is 0. The molecule has 95 heavy (non-hydrogen) atoms. The molecular weight excluding hydrogens is 1180 g/mol. The minimum Gasteiger partial charge on any atom is -0.166 e. The monoisotopic (exact) mass is 1250 g/mol. The molecule has 0 saturated carbocycles. The van der Waals surface area contributed by atoms with E-state index >= 15 is 0 Å². The molecule has 0 N–H and O–H groups in total. The zero-order chi connectivity index (χ0) is 67.7. The molecule has 0 aromatic heterocycles. The molecule has 466 valence electrons. The van der Waals surface area contributed by atoms with Crippen LogP contribution in [-0.4, -0.2) is 0 Å². The molecule has 0 unspecified atom stereocenters. The molecule has 6 heteroatoms. The molecule has 0 fully saturated rings. The predicted octanol–water partition coefficient (Wildman–Crippen LogP) is 24.7. The van der Waals surface area contributed by atoms with Gasteiger partial charge < -0.3 is 0 Å². The summed E-state index contributed by atoms with van der Waals surface area (Å²) in [6.45, 7) is 25.1. The highest BCUT2D eigenvalue weighted by Gasteiger charge is 2.30. The molecule has 11 rings (SSSR count). The van der Waals surface area contributed by atoms with Crippen LogP contribution < -0.4 is 0 Å². The fourth-order valence-corrected chi connectivity index (χ4v) is 10.1. The molecular formula is C89H68F6. The van der Waals surface area contributed by atoms with Gasteiger partial charge in [0.1, 0.15) is 0 Å². The second-order valence-corrected chi connectivity index (χ2v) is 22.9. The maximum Gasteiger partial charge on any atom is 0.416 e. The van der Waals surface area contributed by atoms with Gasteiger partial charge >= 0.3 is 12.4 Å². The zero-order valence-corrected chi connectivity index (χ0v) is 53.7. The van der Waals surface area contributed by atoms with Gasteiger partial charge in [-0.25, -0.2) is 0 Å². The van der Waals surface area contributed by atoms with E-state index in [1.807, 2.05) is 101 Å². The van der Waals surface area contributed by atoms with E-state index in [0.29, 0.717) is 11.1 Å². The smallest absolute Gasteiger partial charge is 0.166 e. The maximum atomic E-state index is 12.9. The van der Waals surface area contributed by atoms with Gasteiger partial charge in [-0.15, -0.1) is 0 Å². The van der Waals surface area contributed by atoms with Crippen molar-refractivity contribution in [3.8, 4) is 47.4 Å². The molecule has 1 aliphatic rings. The van der Waals surface area contributed by atoms with E-state index in [4.69, 9.17) is 0 Å². The Bertz CT molecular complexity index is 4960. The quantitative estimate of drug-likeness (QED) is 0.0468. The van der Waals surface area contributed by atoms with E-state index in [0.717, 1.165) is 157 Å². The number of fused-ring (bicyclic) bond motifs is 6. The largest absolute Gasteiger partial charge is 0.416 e. The van der Waals surface area contributed by atoms with Crippen LogP contribution in [0.3, 0.4) is 0 Å². The summed E-state index contributed by atoms with van der Waals surface area (Å²) in [6.07, 6.45) is 19.5. The Morgan fingerprint density at radius 3 is 1.27 bits per heavy atom. The predicted molar refractivity (Wildman–Crippen MR) is 392 cm³/mol. The lowest BCUT2D eigenvalue weighted by atomic mass is 9.97. The fourth-order valence-electron chi connectivity index (χ4n) is 10.1. The molecule has 0 atom stereocenters. The van der Waals surface area contributed by atoms with Gasteiger partial charge in [-0.1, -0.05) is 195 Å². The minimum absolute atomic E-state index is 0.519. The van der Waals surface area contributed by atoms with Gasteiger partial charge in [0.25, 0.3) is 0 Å². The lowest BCUT2D eigenvalue weighted by Gasteiger charge is -2.07. The van der Waals surface area contributed by atoms with E-state index in [1.165, 1.54) is 29.8 Å². The standard InChI is InChI=1S/C56H30F6.C17H20.C16H18/c57-55(58,59)53-19-11-35(12-20-53)1-3-37-7-15-41-27-51-33-47-25-39(9-17-43(47)29-49(51)31-45(41)23-37)5-6-40-10-18-44-30-50-32-46-24-38(8-16-42(46)28-52(50)34-48(44)26-40)4-2-36-13-21-54(22-14-36)56(60,61)62;1-7-15(4)10-11-17(6)13-12-16(5)9-8-14(2)3;1-4-7-15-10-12-16(13-11-15)9-8-14(5-2)6-3/h5-34H;7-11H,1-2,5H2,3-4,6H3;5-7,10,12-13H,2,4,11H2,1,3H3/b6-5+;9-8-,15-10+,17-11+;14-6+,15-7-. The number of allylic oxidation sites excluding steroid dienone is 18. The summed E-state index contributed by atoms with van der Waals surface area (Å²) < 4.78 is 77.6. The first-order valence-electron chi connectivity index (χ1n) is 30.9. The Labute approximate surface area is 553 Å². The summed E-state index contributed by atoms with van der Waals surface area (Å²) in [6, 6.07) is 52.0. The summed E-state index contributed by atoms with van der Waals surface area (Å²) in [5.41, 5.74) is 10.7. The van der Waals surface area contributed by atoms with E-state index in [1.54, 1.807) is 6.08 Å². The fraction of sp³-hybridized carbons (Fsp3) is 0.101. The third-order valence-electron chi connectivity index (χ3n) is 15.4. The lowest BCUT2D eigenvalue weighted by Crippen LogP contribution is -2.04. The number of hydrogen-bond acceptors (Lipinski definition) is 0. The zero-order valence-electron chi connectivity index (χ0n) is 53.7. The topological polar surface area (TPSA) is 0 Å². The molecule has 0 saturated heterocycles. The van der Waals surface area contributed by atoms with Crippen molar-refractivity contribution < 1.29 is 26.3 Å². The van der Waals surface area contributed by atoms with E-state index < -0.39 is 23.5 Å².